The van der Waals surface area contributed by atoms with Crippen molar-refractivity contribution in [2.45, 2.75) is 79.1 Å². The molecular weight excluding hydrogens is 327 g/mol. The van der Waals surface area contributed by atoms with Gasteiger partial charge in [-0.2, -0.15) is 8.42 Å². The summed E-state index contributed by atoms with van der Waals surface area (Å²) in [6.45, 7) is 11.1. The average Bonchev–Trinajstić information content (AvgIpc) is 2.44. The van der Waals surface area contributed by atoms with Crippen molar-refractivity contribution in [2.24, 2.45) is 11.8 Å². The molecule has 0 aliphatic heterocycles. The standard InChI is InChI=1S/C16H34O.Na.H2O4S.H/c1-5-9-11-15(7-3)13-17-14-16(8-4)12-10-6-2;;1-5(2,3)4;/h15-16H,5-14H2,1-4H3;;(H2,1,2,3,4);. The van der Waals surface area contributed by atoms with Crippen molar-refractivity contribution in [3.05, 3.63) is 0 Å². The van der Waals surface area contributed by atoms with Gasteiger partial charge in [-0.25, -0.2) is 0 Å². The van der Waals surface area contributed by atoms with Gasteiger partial charge in [0.15, 0.2) is 0 Å². The third-order valence-electron chi connectivity index (χ3n) is 3.79. The van der Waals surface area contributed by atoms with Crippen LogP contribution < -0.4 is 0 Å². The molecule has 0 fully saturated rings. The zero-order valence-electron chi connectivity index (χ0n) is 14.8. The van der Waals surface area contributed by atoms with E-state index < -0.39 is 10.4 Å². The summed E-state index contributed by atoms with van der Waals surface area (Å²) in [6, 6.07) is 0. The molecule has 2 N–H and O–H groups in total. The first-order chi connectivity index (χ1) is 10.3. The van der Waals surface area contributed by atoms with Crippen LogP contribution in [0.15, 0.2) is 0 Å². The van der Waals surface area contributed by atoms with Crippen LogP contribution in [0.1, 0.15) is 79.1 Å². The molecule has 138 valence electrons. The van der Waals surface area contributed by atoms with Gasteiger partial charge in [0.2, 0.25) is 0 Å². The van der Waals surface area contributed by atoms with Crippen LogP contribution in [0.25, 0.3) is 0 Å². The van der Waals surface area contributed by atoms with Crippen molar-refractivity contribution in [3.8, 4) is 0 Å². The Morgan fingerprint density at radius 3 is 1.35 bits per heavy atom. The number of hydrogen-bond acceptors (Lipinski definition) is 3. The Hall–Kier alpha value is 0.830. The topological polar surface area (TPSA) is 83.8 Å². The summed E-state index contributed by atoms with van der Waals surface area (Å²) in [6.07, 6.45) is 10.6. The van der Waals surface area contributed by atoms with Crippen molar-refractivity contribution >= 4 is 40.0 Å². The summed E-state index contributed by atoms with van der Waals surface area (Å²) >= 11 is 0. The van der Waals surface area contributed by atoms with E-state index in [-0.39, 0.29) is 29.6 Å². The Bertz CT molecular complexity index is 298. The maximum atomic E-state index is 8.74. The van der Waals surface area contributed by atoms with Gasteiger partial charge in [-0.05, 0) is 24.7 Å². The third kappa shape index (κ3) is 27.9. The van der Waals surface area contributed by atoms with Crippen molar-refractivity contribution in [1.82, 2.24) is 0 Å². The summed E-state index contributed by atoms with van der Waals surface area (Å²) in [4.78, 5) is 0. The minimum absolute atomic E-state index is 0. The molecule has 23 heavy (non-hydrogen) atoms. The van der Waals surface area contributed by atoms with Crippen LogP contribution in [0.3, 0.4) is 0 Å². The SMILES string of the molecule is CCCCC(CC)COCC(CC)CCCC.O=S(=O)(O)O.[NaH]. The van der Waals surface area contributed by atoms with Crippen LogP contribution in [0.4, 0.5) is 0 Å². The molecule has 0 aliphatic rings. The van der Waals surface area contributed by atoms with E-state index in [1.165, 1.54) is 51.4 Å². The molecule has 2 atom stereocenters. The van der Waals surface area contributed by atoms with Crippen molar-refractivity contribution < 1.29 is 22.3 Å². The van der Waals surface area contributed by atoms with Crippen LogP contribution in [0, 0.1) is 11.8 Å². The number of unbranched alkanes of at least 4 members (excludes halogenated alkanes) is 2. The summed E-state index contributed by atoms with van der Waals surface area (Å²) in [5.41, 5.74) is 0. The molecule has 0 bridgehead atoms. The third-order valence-corrected chi connectivity index (χ3v) is 3.79. The summed E-state index contributed by atoms with van der Waals surface area (Å²) < 4.78 is 37.5. The van der Waals surface area contributed by atoms with Gasteiger partial charge in [0.05, 0.1) is 0 Å². The van der Waals surface area contributed by atoms with Gasteiger partial charge >= 0.3 is 40.0 Å². The van der Waals surface area contributed by atoms with Gasteiger partial charge in [-0.15, -0.1) is 0 Å². The fraction of sp³-hybridized carbons (Fsp3) is 1.00. The molecule has 0 aromatic heterocycles. The molecule has 2 unspecified atom stereocenters. The normalized spacial score (nSPS) is 13.5. The van der Waals surface area contributed by atoms with Gasteiger partial charge in [-0.3, -0.25) is 9.11 Å². The molecule has 0 amide bonds. The second-order valence-corrected chi connectivity index (χ2v) is 6.71. The second-order valence-electron chi connectivity index (χ2n) is 5.82. The maximum absolute atomic E-state index is 8.74. The first-order valence-corrected chi connectivity index (χ1v) is 9.95. The van der Waals surface area contributed by atoms with Gasteiger partial charge in [0.1, 0.15) is 0 Å². The number of rotatable bonds is 12. The molecule has 7 heteroatoms. The van der Waals surface area contributed by atoms with Gasteiger partial charge < -0.3 is 4.74 Å². The predicted octanol–water partition coefficient (Wildman–Crippen LogP) is 4.13. The van der Waals surface area contributed by atoms with Crippen molar-refractivity contribution in [3.63, 3.8) is 0 Å². The summed E-state index contributed by atoms with van der Waals surface area (Å²) in [7, 11) is -4.67. The van der Waals surface area contributed by atoms with Gasteiger partial charge in [0.25, 0.3) is 0 Å². The Morgan fingerprint density at radius 1 is 0.826 bits per heavy atom. The van der Waals surface area contributed by atoms with E-state index in [2.05, 4.69) is 27.7 Å². The van der Waals surface area contributed by atoms with E-state index in [9.17, 15) is 0 Å². The zero-order valence-corrected chi connectivity index (χ0v) is 15.6. The van der Waals surface area contributed by atoms with Gasteiger partial charge in [0, 0.05) is 13.2 Å². The Morgan fingerprint density at radius 2 is 1.13 bits per heavy atom. The van der Waals surface area contributed by atoms with Gasteiger partial charge in [-0.1, -0.05) is 66.2 Å². The summed E-state index contributed by atoms with van der Waals surface area (Å²) in [5.74, 6) is 1.58. The molecule has 5 nitrogen and oxygen atoms in total. The fourth-order valence-electron chi connectivity index (χ4n) is 2.20. The number of hydrogen-bond donors (Lipinski definition) is 2. The van der Waals surface area contributed by atoms with Crippen LogP contribution in [-0.4, -0.2) is 60.3 Å². The molecule has 0 aromatic rings. The monoisotopic (exact) mass is 364 g/mol. The second kappa shape index (κ2) is 19.2. The minimum atomic E-state index is -4.67. The van der Waals surface area contributed by atoms with Crippen LogP contribution in [0.2, 0.25) is 0 Å². The molecule has 0 radical (unpaired) electrons. The molecule has 0 spiro atoms. The Labute approximate surface area is 165 Å². The zero-order chi connectivity index (χ0) is 17.4. The molecule has 0 aliphatic carbocycles. The van der Waals surface area contributed by atoms with Crippen LogP contribution in [-0.2, 0) is 15.1 Å². The fourth-order valence-corrected chi connectivity index (χ4v) is 2.20. The Kier molecular flexibility index (Phi) is 23.8. The molecule has 0 heterocycles. The molecule has 0 saturated carbocycles. The summed E-state index contributed by atoms with van der Waals surface area (Å²) in [5, 5.41) is 0. The molecule has 0 saturated heterocycles. The van der Waals surface area contributed by atoms with Crippen molar-refractivity contribution in [2.75, 3.05) is 13.2 Å². The van der Waals surface area contributed by atoms with Crippen LogP contribution in [0.5, 0.6) is 0 Å². The Balaban J connectivity index is -0.000000578. The predicted molar refractivity (Wildman–Crippen MR) is 98.8 cm³/mol. The van der Waals surface area contributed by atoms with E-state index in [0.717, 1.165) is 25.0 Å². The first-order valence-electron chi connectivity index (χ1n) is 8.55. The molecular formula is C16H37NaO5S. The van der Waals surface area contributed by atoms with E-state index in [4.69, 9.17) is 22.3 Å². The van der Waals surface area contributed by atoms with E-state index in [0.29, 0.717) is 0 Å². The van der Waals surface area contributed by atoms with Crippen LogP contribution >= 0.6 is 0 Å². The molecule has 0 aromatic carbocycles. The van der Waals surface area contributed by atoms with E-state index >= 15 is 0 Å². The quantitative estimate of drug-likeness (QED) is 0.402. The van der Waals surface area contributed by atoms with E-state index in [1.54, 1.807) is 0 Å². The van der Waals surface area contributed by atoms with E-state index in [1.807, 2.05) is 0 Å². The molecule has 0 rings (SSSR count). The first kappa shape index (κ1) is 28.6. The number of ether oxygens (including phenoxy) is 1. The average molecular weight is 365 g/mol. The van der Waals surface area contributed by atoms with Crippen molar-refractivity contribution in [1.29, 1.82) is 0 Å².